The summed E-state index contributed by atoms with van der Waals surface area (Å²) < 4.78 is 0. The van der Waals surface area contributed by atoms with Gasteiger partial charge in [-0.3, -0.25) is 4.99 Å². The van der Waals surface area contributed by atoms with Crippen LogP contribution in [0.5, 0.6) is 0 Å². The van der Waals surface area contributed by atoms with Crippen molar-refractivity contribution in [3.63, 3.8) is 0 Å². The zero-order valence-corrected chi connectivity index (χ0v) is 8.08. The summed E-state index contributed by atoms with van der Waals surface area (Å²) in [6.45, 7) is 3.77. The van der Waals surface area contributed by atoms with Crippen LogP contribution in [0.3, 0.4) is 0 Å². The molecule has 0 unspecified atom stereocenters. The number of hydrogen-bond acceptors (Lipinski definition) is 2. The van der Waals surface area contributed by atoms with Gasteiger partial charge in [0.15, 0.2) is 0 Å². The molecule has 1 aliphatic rings. The Morgan fingerprint density at radius 2 is 2.08 bits per heavy atom. The normalized spacial score (nSPS) is 23.5. The fraction of sp³-hybridized carbons (Fsp3) is 0.700. The molecule has 2 heteroatoms. The Hall–Kier alpha value is -0.790. The van der Waals surface area contributed by atoms with Crippen molar-refractivity contribution in [1.29, 1.82) is 0 Å². The molecule has 1 rings (SSSR count). The first-order chi connectivity index (χ1) is 5.77. The molecule has 1 aliphatic carbocycles. The van der Waals surface area contributed by atoms with Crippen molar-refractivity contribution in [1.82, 2.24) is 4.90 Å². The van der Waals surface area contributed by atoms with Crippen molar-refractivity contribution >= 4 is 5.71 Å². The summed E-state index contributed by atoms with van der Waals surface area (Å²) >= 11 is 0. The average molecular weight is 166 g/mol. The Balaban J connectivity index is 2.40. The highest BCUT2D eigenvalue weighted by Gasteiger charge is 2.18. The lowest BCUT2D eigenvalue weighted by Crippen LogP contribution is -2.31. The van der Waals surface area contributed by atoms with Gasteiger partial charge < -0.3 is 4.90 Å². The third kappa shape index (κ3) is 2.10. The van der Waals surface area contributed by atoms with Gasteiger partial charge in [0.1, 0.15) is 0 Å². The molecular weight excluding hydrogens is 148 g/mol. The number of hydrogen-bond donors (Lipinski definition) is 0. The highest BCUT2D eigenvalue weighted by Crippen LogP contribution is 2.20. The molecular formula is C10H18N2. The molecule has 0 heterocycles. The largest absolute Gasteiger partial charge is 0.378 e. The molecule has 0 saturated heterocycles. The van der Waals surface area contributed by atoms with Crippen molar-refractivity contribution in [2.24, 2.45) is 4.99 Å². The average Bonchev–Trinajstić information content (AvgIpc) is 2.17. The van der Waals surface area contributed by atoms with Crippen molar-refractivity contribution in [2.75, 3.05) is 14.1 Å². The van der Waals surface area contributed by atoms with Crippen LogP contribution in [-0.2, 0) is 0 Å². The third-order valence-electron chi connectivity index (χ3n) is 2.71. The zero-order chi connectivity index (χ0) is 8.97. The van der Waals surface area contributed by atoms with Crippen LogP contribution in [0.15, 0.2) is 17.8 Å². The van der Waals surface area contributed by atoms with Gasteiger partial charge in [-0.05, 0) is 31.9 Å². The second kappa shape index (κ2) is 4.29. The molecule has 0 atom stereocenters. The summed E-state index contributed by atoms with van der Waals surface area (Å²) in [5.74, 6) is 0. The second-order valence-electron chi connectivity index (χ2n) is 3.37. The minimum atomic E-state index is 0.688. The van der Waals surface area contributed by atoms with E-state index in [1.54, 1.807) is 0 Å². The highest BCUT2D eigenvalue weighted by atomic mass is 15.1. The van der Waals surface area contributed by atoms with Crippen LogP contribution in [-0.4, -0.2) is 30.7 Å². The zero-order valence-electron chi connectivity index (χ0n) is 8.08. The predicted molar refractivity (Wildman–Crippen MR) is 53.6 cm³/mol. The molecule has 0 amide bonds. The molecule has 0 radical (unpaired) electrons. The van der Waals surface area contributed by atoms with Crippen molar-refractivity contribution in [3.05, 3.63) is 12.8 Å². The van der Waals surface area contributed by atoms with E-state index < -0.39 is 0 Å². The van der Waals surface area contributed by atoms with Gasteiger partial charge in [0.05, 0.1) is 0 Å². The molecule has 12 heavy (non-hydrogen) atoms. The SMILES string of the molecule is C=CN(C)C1CCC(=NC)CC1. The maximum atomic E-state index is 4.24. The number of aliphatic imine (C=N–C) groups is 1. The maximum Gasteiger partial charge on any atom is 0.0288 e. The molecule has 0 aromatic heterocycles. The standard InChI is InChI=1S/C10H18N2/c1-4-12(3)10-7-5-9(11-2)6-8-10/h4,10H,1,5-8H2,2-3H3. The maximum absolute atomic E-state index is 4.24. The van der Waals surface area contributed by atoms with Gasteiger partial charge in [-0.25, -0.2) is 0 Å². The minimum Gasteiger partial charge on any atom is -0.378 e. The lowest BCUT2D eigenvalue weighted by atomic mass is 9.93. The molecule has 0 bridgehead atoms. The quantitative estimate of drug-likeness (QED) is 0.613. The van der Waals surface area contributed by atoms with Gasteiger partial charge in [0.2, 0.25) is 0 Å². The highest BCUT2D eigenvalue weighted by molar-refractivity contribution is 5.85. The first-order valence-corrected chi connectivity index (χ1v) is 4.57. The molecule has 1 fully saturated rings. The molecule has 1 saturated carbocycles. The summed E-state index contributed by atoms with van der Waals surface area (Å²) in [5, 5.41) is 0. The molecule has 0 spiro atoms. The smallest absolute Gasteiger partial charge is 0.0288 e. The van der Waals surface area contributed by atoms with E-state index in [0.29, 0.717) is 6.04 Å². The molecule has 0 N–H and O–H groups in total. The van der Waals surface area contributed by atoms with Crippen molar-refractivity contribution in [2.45, 2.75) is 31.7 Å². The van der Waals surface area contributed by atoms with E-state index >= 15 is 0 Å². The second-order valence-corrected chi connectivity index (χ2v) is 3.37. The number of nitrogens with zero attached hydrogens (tertiary/aromatic N) is 2. The van der Waals surface area contributed by atoms with Gasteiger partial charge in [0, 0.05) is 25.8 Å². The summed E-state index contributed by atoms with van der Waals surface area (Å²) in [5.41, 5.74) is 1.38. The summed E-state index contributed by atoms with van der Waals surface area (Å²) in [6, 6.07) is 0.688. The molecule has 2 nitrogen and oxygen atoms in total. The Bertz CT molecular complexity index is 174. The molecule has 0 aromatic carbocycles. The Labute approximate surface area is 75.0 Å². The van der Waals surface area contributed by atoms with Crippen LogP contribution >= 0.6 is 0 Å². The van der Waals surface area contributed by atoms with Crippen LogP contribution in [0.2, 0.25) is 0 Å². The van der Waals surface area contributed by atoms with Gasteiger partial charge in [0.25, 0.3) is 0 Å². The van der Waals surface area contributed by atoms with E-state index in [1.807, 2.05) is 13.2 Å². The lowest BCUT2D eigenvalue weighted by molar-refractivity contribution is 0.291. The lowest BCUT2D eigenvalue weighted by Gasteiger charge is -2.30. The van der Waals surface area contributed by atoms with Gasteiger partial charge >= 0.3 is 0 Å². The molecule has 68 valence electrons. The van der Waals surface area contributed by atoms with Crippen molar-refractivity contribution in [3.8, 4) is 0 Å². The van der Waals surface area contributed by atoms with E-state index in [-0.39, 0.29) is 0 Å². The summed E-state index contributed by atoms with van der Waals surface area (Å²) in [7, 11) is 4.00. The van der Waals surface area contributed by atoms with Crippen LogP contribution in [0.4, 0.5) is 0 Å². The van der Waals surface area contributed by atoms with Crippen LogP contribution in [0, 0.1) is 0 Å². The molecule has 0 aromatic rings. The van der Waals surface area contributed by atoms with Gasteiger partial charge in [-0.1, -0.05) is 6.58 Å². The first kappa shape index (κ1) is 9.30. The van der Waals surface area contributed by atoms with E-state index in [0.717, 1.165) is 0 Å². The van der Waals surface area contributed by atoms with Crippen LogP contribution < -0.4 is 0 Å². The van der Waals surface area contributed by atoms with Gasteiger partial charge in [-0.2, -0.15) is 0 Å². The van der Waals surface area contributed by atoms with E-state index in [1.165, 1.54) is 31.4 Å². The van der Waals surface area contributed by atoms with Crippen molar-refractivity contribution < 1.29 is 0 Å². The first-order valence-electron chi connectivity index (χ1n) is 4.57. The topological polar surface area (TPSA) is 15.6 Å². The number of rotatable bonds is 2. The Morgan fingerprint density at radius 3 is 2.50 bits per heavy atom. The Kier molecular flexibility index (Phi) is 3.32. The van der Waals surface area contributed by atoms with Gasteiger partial charge in [-0.15, -0.1) is 0 Å². The van der Waals surface area contributed by atoms with E-state index in [9.17, 15) is 0 Å². The molecule has 0 aliphatic heterocycles. The summed E-state index contributed by atoms with van der Waals surface area (Å²) in [6.07, 6.45) is 6.71. The van der Waals surface area contributed by atoms with E-state index in [2.05, 4.69) is 23.5 Å². The minimum absolute atomic E-state index is 0.688. The van der Waals surface area contributed by atoms with Crippen LogP contribution in [0.25, 0.3) is 0 Å². The fourth-order valence-electron chi connectivity index (χ4n) is 1.72. The fourth-order valence-corrected chi connectivity index (χ4v) is 1.72. The predicted octanol–water partition coefficient (Wildman–Crippen LogP) is 2.08. The monoisotopic (exact) mass is 166 g/mol. The Morgan fingerprint density at radius 1 is 1.50 bits per heavy atom. The summed E-state index contributed by atoms with van der Waals surface area (Å²) in [4.78, 5) is 6.45. The van der Waals surface area contributed by atoms with E-state index in [4.69, 9.17) is 0 Å². The third-order valence-corrected chi connectivity index (χ3v) is 2.71. The van der Waals surface area contributed by atoms with Crippen LogP contribution in [0.1, 0.15) is 25.7 Å².